The zero-order valence-corrected chi connectivity index (χ0v) is 16.0. The van der Waals surface area contributed by atoms with Gasteiger partial charge in [-0.15, -0.1) is 0 Å². The summed E-state index contributed by atoms with van der Waals surface area (Å²) in [4.78, 5) is 8.40. The highest BCUT2D eigenvalue weighted by molar-refractivity contribution is 7.89. The number of hydrogen-bond acceptors (Lipinski definition) is 6. The fourth-order valence-electron chi connectivity index (χ4n) is 3.02. The average molecular weight is 408 g/mol. The van der Waals surface area contributed by atoms with Crippen LogP contribution in [0.1, 0.15) is 25.1 Å². The van der Waals surface area contributed by atoms with Crippen LogP contribution in [0.4, 0.5) is 0 Å². The van der Waals surface area contributed by atoms with Crippen molar-refractivity contribution in [3.8, 4) is 11.5 Å². The van der Waals surface area contributed by atoms with Crippen molar-refractivity contribution in [1.82, 2.24) is 24.0 Å². The van der Waals surface area contributed by atoms with E-state index in [1.807, 2.05) is 6.07 Å². The van der Waals surface area contributed by atoms with Crippen LogP contribution in [0.5, 0.6) is 0 Å². The monoisotopic (exact) mass is 407 g/mol. The molecular weight excluding hydrogens is 390 g/mol. The van der Waals surface area contributed by atoms with Gasteiger partial charge in [0, 0.05) is 29.9 Å². The lowest BCUT2D eigenvalue weighted by Gasteiger charge is -2.24. The summed E-state index contributed by atoms with van der Waals surface area (Å²) in [5, 5.41) is 4.56. The maximum absolute atomic E-state index is 12.7. The highest BCUT2D eigenvalue weighted by Gasteiger charge is 2.28. The van der Waals surface area contributed by atoms with Crippen LogP contribution in [0.25, 0.3) is 11.5 Å². The minimum absolute atomic E-state index is 0.0444. The van der Waals surface area contributed by atoms with Crippen molar-refractivity contribution in [2.45, 2.75) is 30.8 Å². The minimum Gasteiger partial charge on any atom is -0.334 e. The van der Waals surface area contributed by atoms with Crippen LogP contribution < -0.4 is 0 Å². The number of aromatic nitrogens is 4. The van der Waals surface area contributed by atoms with Crippen molar-refractivity contribution in [2.75, 3.05) is 13.1 Å². The summed E-state index contributed by atoms with van der Waals surface area (Å²) >= 11 is 5.98. The molecule has 0 atom stereocenters. The molecule has 1 aliphatic heterocycles. The molecule has 0 unspecified atom stereocenters. The van der Waals surface area contributed by atoms with Gasteiger partial charge in [0.25, 0.3) is 15.9 Å². The average Bonchev–Trinajstić information content (AvgIpc) is 3.33. The Hall–Kier alpha value is -2.23. The highest BCUT2D eigenvalue weighted by atomic mass is 35.5. The first-order valence-corrected chi connectivity index (χ1v) is 10.4. The predicted octanol–water partition coefficient (Wildman–Crippen LogP) is 2.81. The summed E-state index contributed by atoms with van der Waals surface area (Å²) in [6.45, 7) is 1.35. The van der Waals surface area contributed by atoms with E-state index in [1.54, 1.807) is 22.8 Å². The molecule has 27 heavy (non-hydrogen) atoms. The lowest BCUT2D eigenvalue weighted by Crippen LogP contribution is -2.35. The van der Waals surface area contributed by atoms with E-state index in [0.717, 1.165) is 24.8 Å². The Morgan fingerprint density at radius 1 is 1.19 bits per heavy atom. The minimum atomic E-state index is -3.55. The molecule has 3 heterocycles. The molecule has 142 valence electrons. The quantitative estimate of drug-likeness (QED) is 0.645. The number of piperidine rings is 1. The van der Waals surface area contributed by atoms with Gasteiger partial charge in [0.2, 0.25) is 0 Å². The summed E-state index contributed by atoms with van der Waals surface area (Å²) in [6, 6.07) is 7.12. The zero-order valence-electron chi connectivity index (χ0n) is 14.5. The van der Waals surface area contributed by atoms with Crippen LogP contribution in [-0.2, 0) is 16.6 Å². The number of benzene rings is 1. The van der Waals surface area contributed by atoms with Crippen LogP contribution in [0.15, 0.2) is 46.3 Å². The van der Waals surface area contributed by atoms with Crippen LogP contribution >= 0.6 is 11.6 Å². The summed E-state index contributed by atoms with van der Waals surface area (Å²) < 4.78 is 33.7. The zero-order chi connectivity index (χ0) is 18.9. The largest absolute Gasteiger partial charge is 0.334 e. The van der Waals surface area contributed by atoms with E-state index in [0.29, 0.717) is 29.8 Å². The first-order valence-electron chi connectivity index (χ1n) is 8.63. The normalized spacial score (nSPS) is 15.9. The molecule has 1 saturated heterocycles. The van der Waals surface area contributed by atoms with Crippen LogP contribution in [0.2, 0.25) is 5.02 Å². The topological polar surface area (TPSA) is 94.1 Å². The third-order valence-corrected chi connectivity index (χ3v) is 6.41. The van der Waals surface area contributed by atoms with Gasteiger partial charge in [-0.1, -0.05) is 29.2 Å². The Balaban J connectivity index is 1.50. The number of imidazole rings is 1. The molecule has 0 radical (unpaired) electrons. The van der Waals surface area contributed by atoms with Gasteiger partial charge >= 0.3 is 0 Å². The van der Waals surface area contributed by atoms with Crippen LogP contribution in [0.3, 0.4) is 0 Å². The van der Waals surface area contributed by atoms with Crippen molar-refractivity contribution in [1.29, 1.82) is 0 Å². The van der Waals surface area contributed by atoms with E-state index < -0.39 is 10.0 Å². The Labute approximate surface area is 161 Å². The van der Waals surface area contributed by atoms with Gasteiger partial charge in [0.1, 0.15) is 0 Å². The highest BCUT2D eigenvalue weighted by Crippen LogP contribution is 2.22. The molecule has 3 aromatic rings. The Morgan fingerprint density at radius 3 is 2.78 bits per heavy atom. The van der Waals surface area contributed by atoms with Gasteiger partial charge in [0.05, 0.1) is 12.9 Å². The van der Waals surface area contributed by atoms with E-state index in [1.165, 1.54) is 16.8 Å². The first-order chi connectivity index (χ1) is 13.0. The molecule has 0 aliphatic carbocycles. The predicted molar refractivity (Wildman–Crippen MR) is 98.7 cm³/mol. The van der Waals surface area contributed by atoms with Crippen LogP contribution in [-0.4, -0.2) is 45.5 Å². The first kappa shape index (κ1) is 18.1. The fourth-order valence-corrected chi connectivity index (χ4v) is 4.66. The van der Waals surface area contributed by atoms with Gasteiger partial charge in [-0.2, -0.15) is 9.29 Å². The van der Waals surface area contributed by atoms with Gasteiger partial charge in [-0.3, -0.25) is 0 Å². The summed E-state index contributed by atoms with van der Waals surface area (Å²) in [7, 11) is -3.55. The SMILES string of the molecule is O=S(=O)(c1cn(Cc2noc(-c3cccc(Cl)c3)n2)cn1)N1CCCCC1. The Kier molecular flexibility index (Phi) is 4.98. The van der Waals surface area contributed by atoms with Gasteiger partial charge in [-0.25, -0.2) is 13.4 Å². The van der Waals surface area contributed by atoms with Crippen molar-refractivity contribution in [2.24, 2.45) is 0 Å². The number of rotatable bonds is 5. The molecule has 8 nitrogen and oxygen atoms in total. The molecule has 2 aromatic heterocycles. The third-order valence-electron chi connectivity index (χ3n) is 4.39. The van der Waals surface area contributed by atoms with Crippen LogP contribution in [0, 0.1) is 0 Å². The smallest absolute Gasteiger partial charge is 0.262 e. The Bertz CT molecular complexity index is 1040. The molecule has 1 aliphatic rings. The van der Waals surface area contributed by atoms with E-state index >= 15 is 0 Å². The summed E-state index contributed by atoms with van der Waals surface area (Å²) in [5.74, 6) is 0.776. The second-order valence-corrected chi connectivity index (χ2v) is 8.70. The number of sulfonamides is 1. The molecule has 0 bridgehead atoms. The van der Waals surface area contributed by atoms with E-state index in [9.17, 15) is 8.42 Å². The van der Waals surface area contributed by atoms with Gasteiger partial charge in [-0.05, 0) is 31.0 Å². The third kappa shape index (κ3) is 3.90. The van der Waals surface area contributed by atoms with E-state index in [-0.39, 0.29) is 11.6 Å². The molecule has 1 fully saturated rings. The molecule has 4 rings (SSSR count). The van der Waals surface area contributed by atoms with Crippen molar-refractivity contribution < 1.29 is 12.9 Å². The van der Waals surface area contributed by atoms with Gasteiger partial charge in [0.15, 0.2) is 10.9 Å². The molecule has 10 heteroatoms. The molecule has 0 saturated carbocycles. The molecule has 0 spiro atoms. The number of nitrogens with zero attached hydrogens (tertiary/aromatic N) is 5. The maximum Gasteiger partial charge on any atom is 0.262 e. The van der Waals surface area contributed by atoms with Crippen molar-refractivity contribution in [3.05, 3.63) is 47.6 Å². The van der Waals surface area contributed by atoms with Gasteiger partial charge < -0.3 is 9.09 Å². The van der Waals surface area contributed by atoms with E-state index in [4.69, 9.17) is 16.1 Å². The molecule has 0 amide bonds. The molecular formula is C17H18ClN5O3S. The fraction of sp³-hybridized carbons (Fsp3) is 0.353. The van der Waals surface area contributed by atoms with Crippen molar-refractivity contribution >= 4 is 21.6 Å². The standard InChI is InChI=1S/C17H18ClN5O3S/c18-14-6-4-5-13(9-14)17-20-15(21-26-17)10-22-11-16(19-12-22)27(24,25)23-7-2-1-3-8-23/h4-6,9,11-12H,1-3,7-8,10H2. The summed E-state index contributed by atoms with van der Waals surface area (Å²) in [6.07, 6.45) is 5.79. The molecule has 1 aromatic carbocycles. The lowest BCUT2D eigenvalue weighted by atomic mass is 10.2. The second-order valence-electron chi connectivity index (χ2n) is 6.38. The maximum atomic E-state index is 12.7. The summed E-state index contributed by atoms with van der Waals surface area (Å²) in [5.41, 5.74) is 0.722. The second kappa shape index (κ2) is 7.41. The molecule has 0 N–H and O–H groups in total. The van der Waals surface area contributed by atoms with E-state index in [2.05, 4.69) is 15.1 Å². The number of halogens is 1. The number of hydrogen-bond donors (Lipinski definition) is 0. The Morgan fingerprint density at radius 2 is 2.00 bits per heavy atom. The van der Waals surface area contributed by atoms with Crippen molar-refractivity contribution in [3.63, 3.8) is 0 Å². The lowest BCUT2D eigenvalue weighted by molar-refractivity contribution is 0.345.